The number of nitrogens with zero attached hydrogens (tertiary/aromatic N) is 5. The van der Waals surface area contributed by atoms with Crippen molar-refractivity contribution in [2.24, 2.45) is 7.05 Å². The Morgan fingerprint density at radius 3 is 2.67 bits per heavy atom. The number of aryl methyl sites for hydroxylation is 1. The molecule has 0 N–H and O–H groups in total. The Morgan fingerprint density at radius 2 is 1.90 bits per heavy atom. The van der Waals surface area contributed by atoms with E-state index in [1.54, 1.807) is 11.8 Å². The van der Waals surface area contributed by atoms with Gasteiger partial charge in [-0.1, -0.05) is 12.1 Å². The lowest BCUT2D eigenvalue weighted by Gasteiger charge is -2.41. The monoisotopic (exact) mass is 401 g/mol. The molecule has 1 aliphatic carbocycles. The Labute approximate surface area is 173 Å². The number of imidazole rings is 1. The predicted octanol–water partition coefficient (Wildman–Crippen LogP) is 3.51. The van der Waals surface area contributed by atoms with E-state index >= 15 is 0 Å². The van der Waals surface area contributed by atoms with Crippen LogP contribution in [-0.2, 0) is 7.05 Å². The minimum Gasteiger partial charge on any atom is -0.481 e. The zero-order valence-corrected chi connectivity index (χ0v) is 17.1. The van der Waals surface area contributed by atoms with Crippen molar-refractivity contribution in [1.82, 2.24) is 24.2 Å². The Hall–Kier alpha value is -3.35. The summed E-state index contributed by atoms with van der Waals surface area (Å²) < 4.78 is 9.48. The molecule has 7 nitrogen and oxygen atoms in total. The third-order valence-electron chi connectivity index (χ3n) is 6.30. The predicted molar refractivity (Wildman–Crippen MR) is 114 cm³/mol. The number of carbonyl (C=O) groups excluding carboxylic acids is 1. The minimum absolute atomic E-state index is 0.0511. The van der Waals surface area contributed by atoms with E-state index in [-0.39, 0.29) is 11.9 Å². The van der Waals surface area contributed by atoms with E-state index in [4.69, 9.17) is 9.72 Å². The van der Waals surface area contributed by atoms with Crippen LogP contribution in [-0.4, -0.2) is 50.3 Å². The van der Waals surface area contributed by atoms with Gasteiger partial charge in [0.25, 0.3) is 5.91 Å². The number of carbonyl (C=O) groups is 1. The van der Waals surface area contributed by atoms with Gasteiger partial charge in [-0.3, -0.25) is 4.79 Å². The molecule has 1 saturated heterocycles. The van der Waals surface area contributed by atoms with Crippen LogP contribution < -0.4 is 4.74 Å². The zero-order valence-electron chi connectivity index (χ0n) is 17.1. The molecule has 2 aliphatic rings. The van der Waals surface area contributed by atoms with Gasteiger partial charge >= 0.3 is 0 Å². The number of hydrogen-bond acceptors (Lipinski definition) is 4. The number of benzene rings is 2. The summed E-state index contributed by atoms with van der Waals surface area (Å²) in [5.41, 5.74) is 3.67. The molecule has 3 heterocycles. The Bertz CT molecular complexity index is 1290. The fourth-order valence-electron chi connectivity index (χ4n) is 4.60. The topological polar surface area (TPSA) is 65.2 Å². The maximum atomic E-state index is 13.1. The van der Waals surface area contributed by atoms with Crippen LogP contribution >= 0.6 is 0 Å². The van der Waals surface area contributed by atoms with Gasteiger partial charge in [-0.25, -0.2) is 9.67 Å². The quantitative estimate of drug-likeness (QED) is 0.525. The van der Waals surface area contributed by atoms with Gasteiger partial charge < -0.3 is 14.2 Å². The van der Waals surface area contributed by atoms with Crippen molar-refractivity contribution < 1.29 is 9.53 Å². The van der Waals surface area contributed by atoms with Crippen molar-refractivity contribution in [3.05, 3.63) is 53.9 Å². The minimum atomic E-state index is 0.0511. The van der Waals surface area contributed by atoms with E-state index in [0.29, 0.717) is 30.5 Å². The molecule has 0 radical (unpaired) electrons. The van der Waals surface area contributed by atoms with E-state index in [2.05, 4.69) is 27.9 Å². The van der Waals surface area contributed by atoms with E-state index in [0.717, 1.165) is 16.4 Å². The lowest BCUT2D eigenvalue weighted by atomic mass is 10.0. The molecular formula is C23H23N5O2. The highest BCUT2D eigenvalue weighted by Gasteiger charge is 2.38. The molecule has 152 valence electrons. The molecule has 0 atom stereocenters. The fourth-order valence-corrected chi connectivity index (χ4v) is 4.60. The SMILES string of the molecule is COc1c2ccc(C(=O)N3CC(n4c(C5CC5)nc5ccccc54)C3)cc2nn1C. The molecule has 1 saturated carbocycles. The van der Waals surface area contributed by atoms with Crippen LogP contribution in [0.3, 0.4) is 0 Å². The Balaban J connectivity index is 1.26. The van der Waals surface area contributed by atoms with Crippen LogP contribution in [0.4, 0.5) is 0 Å². The molecule has 2 aromatic carbocycles. The van der Waals surface area contributed by atoms with E-state index in [9.17, 15) is 4.79 Å². The molecule has 7 heteroatoms. The van der Waals surface area contributed by atoms with E-state index in [1.807, 2.05) is 36.2 Å². The summed E-state index contributed by atoms with van der Waals surface area (Å²) >= 11 is 0. The molecule has 30 heavy (non-hydrogen) atoms. The smallest absolute Gasteiger partial charge is 0.254 e. The average molecular weight is 401 g/mol. The van der Waals surface area contributed by atoms with Crippen LogP contribution in [0.5, 0.6) is 5.88 Å². The summed E-state index contributed by atoms with van der Waals surface area (Å²) in [6.07, 6.45) is 2.43. The summed E-state index contributed by atoms with van der Waals surface area (Å²) in [5.74, 6) is 2.52. The summed E-state index contributed by atoms with van der Waals surface area (Å²) in [4.78, 5) is 19.9. The molecule has 6 rings (SSSR count). The fraction of sp³-hybridized carbons (Fsp3) is 0.348. The molecule has 0 spiro atoms. The van der Waals surface area contributed by atoms with E-state index < -0.39 is 0 Å². The zero-order chi connectivity index (χ0) is 20.4. The molecule has 4 aromatic rings. The third-order valence-corrected chi connectivity index (χ3v) is 6.30. The Kier molecular flexibility index (Phi) is 3.69. The van der Waals surface area contributed by atoms with Crippen LogP contribution in [0.15, 0.2) is 42.5 Å². The number of methoxy groups -OCH3 is 1. The first-order valence-corrected chi connectivity index (χ1v) is 10.4. The van der Waals surface area contributed by atoms with E-state index in [1.165, 1.54) is 24.2 Å². The number of aromatic nitrogens is 4. The first-order chi connectivity index (χ1) is 14.6. The maximum Gasteiger partial charge on any atom is 0.254 e. The number of para-hydroxylation sites is 2. The average Bonchev–Trinajstić information content (AvgIpc) is 3.42. The number of hydrogen-bond donors (Lipinski definition) is 0. The van der Waals surface area contributed by atoms with Gasteiger partial charge in [0.05, 0.1) is 35.1 Å². The van der Waals surface area contributed by atoms with Gasteiger partial charge in [0, 0.05) is 31.6 Å². The second-order valence-electron chi connectivity index (χ2n) is 8.33. The first-order valence-electron chi connectivity index (χ1n) is 10.4. The van der Waals surface area contributed by atoms with Gasteiger partial charge in [0.2, 0.25) is 5.88 Å². The molecule has 1 aliphatic heterocycles. The summed E-state index contributed by atoms with van der Waals surface area (Å²) in [7, 11) is 3.47. The number of ether oxygens (including phenoxy) is 1. The summed E-state index contributed by atoms with van der Waals surface area (Å²) in [6.45, 7) is 1.42. The van der Waals surface area contributed by atoms with Crippen molar-refractivity contribution in [1.29, 1.82) is 0 Å². The molecule has 0 unspecified atom stereocenters. The van der Waals surface area contributed by atoms with Gasteiger partial charge in [-0.15, -0.1) is 0 Å². The number of amides is 1. The molecule has 2 aromatic heterocycles. The normalized spacial score (nSPS) is 16.9. The van der Waals surface area contributed by atoms with Crippen molar-refractivity contribution in [2.75, 3.05) is 20.2 Å². The number of rotatable bonds is 4. The van der Waals surface area contributed by atoms with Crippen LogP contribution in [0.25, 0.3) is 21.9 Å². The van der Waals surface area contributed by atoms with Gasteiger partial charge in [-0.2, -0.15) is 5.10 Å². The second-order valence-corrected chi connectivity index (χ2v) is 8.33. The lowest BCUT2D eigenvalue weighted by molar-refractivity contribution is 0.0522. The summed E-state index contributed by atoms with van der Waals surface area (Å²) in [5, 5.41) is 5.38. The van der Waals surface area contributed by atoms with Gasteiger partial charge in [0.15, 0.2) is 0 Å². The number of fused-ring (bicyclic) bond motifs is 2. The molecule has 1 amide bonds. The highest BCUT2D eigenvalue weighted by atomic mass is 16.5. The molecule has 2 fully saturated rings. The molecular weight excluding hydrogens is 378 g/mol. The van der Waals surface area contributed by atoms with Gasteiger partial charge in [-0.05, 0) is 43.2 Å². The van der Waals surface area contributed by atoms with Crippen LogP contribution in [0.1, 0.15) is 41.0 Å². The maximum absolute atomic E-state index is 13.1. The van der Waals surface area contributed by atoms with Crippen LogP contribution in [0, 0.1) is 0 Å². The second kappa shape index (κ2) is 6.32. The number of likely N-dealkylation sites (tertiary alicyclic amines) is 1. The van der Waals surface area contributed by atoms with Crippen molar-refractivity contribution in [3.63, 3.8) is 0 Å². The summed E-state index contributed by atoms with van der Waals surface area (Å²) in [6, 6.07) is 14.2. The van der Waals surface area contributed by atoms with Crippen molar-refractivity contribution in [2.45, 2.75) is 24.8 Å². The van der Waals surface area contributed by atoms with Crippen LogP contribution in [0.2, 0.25) is 0 Å². The lowest BCUT2D eigenvalue weighted by Crippen LogP contribution is -2.51. The molecule has 0 bridgehead atoms. The van der Waals surface area contributed by atoms with Crippen molar-refractivity contribution >= 4 is 27.8 Å². The first kappa shape index (κ1) is 17.5. The standard InChI is InChI=1S/C23H23N5O2/c1-26-23(30-2)17-10-9-15(11-19(17)25-26)22(29)27-12-16(13-27)28-20-6-4-3-5-18(20)24-21(28)14-7-8-14/h3-6,9-11,14,16H,7-8,12-13H2,1-2H3. The van der Waals surface area contributed by atoms with Gasteiger partial charge in [0.1, 0.15) is 5.82 Å². The van der Waals surface area contributed by atoms with Crippen molar-refractivity contribution in [3.8, 4) is 5.88 Å². The highest BCUT2D eigenvalue weighted by molar-refractivity contribution is 5.99. The Morgan fingerprint density at radius 1 is 1.10 bits per heavy atom. The largest absolute Gasteiger partial charge is 0.481 e. The third kappa shape index (κ3) is 2.54. The highest BCUT2D eigenvalue weighted by Crippen LogP contribution is 2.43.